The molecule has 2 amide bonds. The minimum absolute atomic E-state index is 0.0397. The van der Waals surface area contributed by atoms with Crippen LogP contribution < -0.4 is 10.6 Å². The third-order valence-corrected chi connectivity index (χ3v) is 5.21. The van der Waals surface area contributed by atoms with Gasteiger partial charge in [-0.15, -0.1) is 0 Å². The van der Waals surface area contributed by atoms with Crippen LogP contribution in [0, 0.1) is 0 Å². The third-order valence-electron chi connectivity index (χ3n) is 3.94. The van der Waals surface area contributed by atoms with Crippen LogP contribution in [0.4, 0.5) is 10.5 Å². The van der Waals surface area contributed by atoms with Gasteiger partial charge in [0.1, 0.15) is 5.76 Å². The average molecular weight is 366 g/mol. The first-order valence-corrected chi connectivity index (χ1v) is 9.42. The van der Waals surface area contributed by atoms with Gasteiger partial charge in [-0.2, -0.15) is 11.8 Å². The number of anilines is 1. The summed E-state index contributed by atoms with van der Waals surface area (Å²) in [5.74, 6) is 3.08. The number of rotatable bonds is 5. The fraction of sp³-hybridized carbons (Fsp3) is 0.353. The van der Waals surface area contributed by atoms with E-state index in [1.165, 1.54) is 0 Å². The number of carbonyl (C=O) groups excluding carboxylic acids is 1. The second kappa shape index (κ2) is 8.46. The molecule has 2 aromatic rings. The smallest absolute Gasteiger partial charge is 0.319 e. The Bertz CT molecular complexity index is 660. The molecule has 0 spiro atoms. The van der Waals surface area contributed by atoms with Crippen molar-refractivity contribution in [3.63, 3.8) is 0 Å². The van der Waals surface area contributed by atoms with Crippen LogP contribution in [-0.2, 0) is 0 Å². The number of benzene rings is 1. The van der Waals surface area contributed by atoms with Crippen LogP contribution in [0.2, 0.25) is 5.02 Å². The molecule has 0 saturated carbocycles. The zero-order valence-corrected chi connectivity index (χ0v) is 14.8. The van der Waals surface area contributed by atoms with Crippen molar-refractivity contribution in [2.75, 3.05) is 36.5 Å². The lowest BCUT2D eigenvalue weighted by Gasteiger charge is -2.33. The Labute approximate surface area is 150 Å². The second-order valence-corrected chi connectivity index (χ2v) is 7.13. The molecule has 1 atom stereocenters. The highest BCUT2D eigenvalue weighted by Gasteiger charge is 2.25. The molecule has 2 N–H and O–H groups in total. The quantitative estimate of drug-likeness (QED) is 0.845. The Morgan fingerprint density at radius 1 is 1.25 bits per heavy atom. The van der Waals surface area contributed by atoms with Crippen molar-refractivity contribution in [2.24, 2.45) is 0 Å². The molecular weight excluding hydrogens is 346 g/mol. The largest absolute Gasteiger partial charge is 0.468 e. The number of para-hydroxylation sites is 1. The Morgan fingerprint density at radius 3 is 2.75 bits per heavy atom. The summed E-state index contributed by atoms with van der Waals surface area (Å²) in [7, 11) is 0. The molecule has 0 unspecified atom stereocenters. The lowest BCUT2D eigenvalue weighted by molar-refractivity contribution is 0.187. The van der Waals surface area contributed by atoms with E-state index in [-0.39, 0.29) is 12.1 Å². The summed E-state index contributed by atoms with van der Waals surface area (Å²) in [6, 6.07) is 10.8. The minimum Gasteiger partial charge on any atom is -0.468 e. The van der Waals surface area contributed by atoms with Gasteiger partial charge in [0.25, 0.3) is 0 Å². The number of furan rings is 1. The van der Waals surface area contributed by atoms with Crippen LogP contribution in [0.1, 0.15) is 11.8 Å². The molecule has 1 aliphatic heterocycles. The van der Waals surface area contributed by atoms with Crippen LogP contribution >= 0.6 is 23.4 Å². The molecule has 128 valence electrons. The Morgan fingerprint density at radius 2 is 2.04 bits per heavy atom. The Kier molecular flexibility index (Phi) is 6.07. The van der Waals surface area contributed by atoms with Gasteiger partial charge in [-0.3, -0.25) is 4.90 Å². The maximum absolute atomic E-state index is 12.2. The van der Waals surface area contributed by atoms with Crippen molar-refractivity contribution in [3.05, 3.63) is 53.4 Å². The fourth-order valence-electron chi connectivity index (χ4n) is 2.70. The molecule has 7 heteroatoms. The number of carbonyl (C=O) groups is 1. The average Bonchev–Trinajstić information content (AvgIpc) is 3.12. The topological polar surface area (TPSA) is 57.5 Å². The van der Waals surface area contributed by atoms with E-state index in [1.807, 2.05) is 36.0 Å². The number of nitrogens with one attached hydrogen (secondary N) is 2. The fourth-order valence-corrected chi connectivity index (χ4v) is 3.81. The van der Waals surface area contributed by atoms with Crippen molar-refractivity contribution in [3.8, 4) is 0 Å². The number of hydrogen-bond donors (Lipinski definition) is 2. The molecule has 0 aliphatic carbocycles. The van der Waals surface area contributed by atoms with Crippen molar-refractivity contribution < 1.29 is 9.21 Å². The van der Waals surface area contributed by atoms with Gasteiger partial charge in [-0.25, -0.2) is 4.79 Å². The van der Waals surface area contributed by atoms with E-state index in [0.717, 1.165) is 30.4 Å². The van der Waals surface area contributed by atoms with Crippen LogP contribution in [0.15, 0.2) is 47.1 Å². The summed E-state index contributed by atoms with van der Waals surface area (Å²) < 4.78 is 5.58. The van der Waals surface area contributed by atoms with E-state index in [9.17, 15) is 4.79 Å². The summed E-state index contributed by atoms with van der Waals surface area (Å²) in [6.45, 7) is 2.46. The van der Waals surface area contributed by atoms with Gasteiger partial charge in [0.15, 0.2) is 0 Å². The molecule has 1 saturated heterocycles. The number of nitrogens with zero attached hydrogens (tertiary/aromatic N) is 1. The van der Waals surface area contributed by atoms with E-state index in [4.69, 9.17) is 16.0 Å². The van der Waals surface area contributed by atoms with E-state index in [1.54, 1.807) is 18.4 Å². The van der Waals surface area contributed by atoms with Crippen LogP contribution in [0.5, 0.6) is 0 Å². The number of thioether (sulfide) groups is 1. The van der Waals surface area contributed by atoms with Gasteiger partial charge < -0.3 is 15.1 Å². The standard InChI is InChI=1S/C17H20ClN3O2S/c18-13-4-1-2-5-14(13)20-17(22)19-12-15(16-6-3-9-23-16)21-7-10-24-11-8-21/h1-6,9,15H,7-8,10-12H2,(H2,19,20,22)/t15-/m0/s1. The highest BCUT2D eigenvalue weighted by atomic mass is 35.5. The zero-order valence-electron chi connectivity index (χ0n) is 13.2. The van der Waals surface area contributed by atoms with E-state index in [0.29, 0.717) is 17.3 Å². The third kappa shape index (κ3) is 4.47. The molecular formula is C17H20ClN3O2S. The monoisotopic (exact) mass is 365 g/mol. The van der Waals surface area contributed by atoms with Gasteiger partial charge >= 0.3 is 6.03 Å². The predicted octanol–water partition coefficient (Wildman–Crippen LogP) is 3.84. The number of halogens is 1. The molecule has 3 rings (SSSR count). The van der Waals surface area contributed by atoms with Crippen LogP contribution in [0.25, 0.3) is 0 Å². The van der Waals surface area contributed by atoms with Crippen molar-refractivity contribution >= 4 is 35.1 Å². The SMILES string of the molecule is O=C(NC[C@@H](c1ccco1)N1CCSCC1)Nc1ccccc1Cl. The van der Waals surface area contributed by atoms with Crippen molar-refractivity contribution in [1.82, 2.24) is 10.2 Å². The second-order valence-electron chi connectivity index (χ2n) is 5.49. The first-order valence-electron chi connectivity index (χ1n) is 7.88. The summed E-state index contributed by atoms with van der Waals surface area (Å²) in [4.78, 5) is 14.5. The molecule has 0 radical (unpaired) electrons. The zero-order chi connectivity index (χ0) is 16.8. The van der Waals surface area contributed by atoms with Gasteiger partial charge in [-0.05, 0) is 24.3 Å². The number of hydrogen-bond acceptors (Lipinski definition) is 4. The highest BCUT2D eigenvalue weighted by Crippen LogP contribution is 2.24. The maximum Gasteiger partial charge on any atom is 0.319 e. The summed E-state index contributed by atoms with van der Waals surface area (Å²) >= 11 is 8.02. The first kappa shape index (κ1) is 17.2. The van der Waals surface area contributed by atoms with Gasteiger partial charge in [0.2, 0.25) is 0 Å². The molecule has 0 bridgehead atoms. The van der Waals surface area contributed by atoms with Crippen molar-refractivity contribution in [1.29, 1.82) is 0 Å². The maximum atomic E-state index is 12.2. The highest BCUT2D eigenvalue weighted by molar-refractivity contribution is 7.99. The summed E-state index contributed by atoms with van der Waals surface area (Å²) in [5, 5.41) is 6.22. The van der Waals surface area contributed by atoms with E-state index in [2.05, 4.69) is 15.5 Å². The summed E-state index contributed by atoms with van der Waals surface area (Å²) in [6.07, 6.45) is 1.67. The molecule has 1 aromatic heterocycles. The number of amides is 2. The Balaban J connectivity index is 1.61. The lowest BCUT2D eigenvalue weighted by atomic mass is 10.2. The minimum atomic E-state index is -0.272. The summed E-state index contributed by atoms with van der Waals surface area (Å²) in [5.41, 5.74) is 0.598. The molecule has 1 fully saturated rings. The molecule has 1 aromatic carbocycles. The Hall–Kier alpha value is -1.63. The molecule has 5 nitrogen and oxygen atoms in total. The van der Waals surface area contributed by atoms with Gasteiger partial charge in [0.05, 0.1) is 23.0 Å². The van der Waals surface area contributed by atoms with E-state index < -0.39 is 0 Å². The lowest BCUT2D eigenvalue weighted by Crippen LogP contribution is -2.42. The first-order chi connectivity index (χ1) is 11.7. The molecule has 1 aliphatic rings. The van der Waals surface area contributed by atoms with Crippen LogP contribution in [0.3, 0.4) is 0 Å². The van der Waals surface area contributed by atoms with Gasteiger partial charge in [-0.1, -0.05) is 23.7 Å². The van der Waals surface area contributed by atoms with E-state index >= 15 is 0 Å². The van der Waals surface area contributed by atoms with Crippen molar-refractivity contribution in [2.45, 2.75) is 6.04 Å². The number of urea groups is 1. The molecule has 2 heterocycles. The van der Waals surface area contributed by atoms with Gasteiger partial charge in [0, 0.05) is 31.1 Å². The normalized spacial score (nSPS) is 16.5. The van der Waals surface area contributed by atoms with Crippen LogP contribution in [-0.4, -0.2) is 42.1 Å². The predicted molar refractivity (Wildman–Crippen MR) is 98.8 cm³/mol. The molecule has 24 heavy (non-hydrogen) atoms.